The van der Waals surface area contributed by atoms with Crippen LogP contribution in [0.4, 0.5) is 0 Å². The quantitative estimate of drug-likeness (QED) is 0.836. The second kappa shape index (κ2) is 7.50. The first kappa shape index (κ1) is 17.1. The summed E-state index contributed by atoms with van der Waals surface area (Å²) in [6.07, 6.45) is 5.49. The molecule has 2 heterocycles. The number of aromatic amines is 1. The smallest absolute Gasteiger partial charge is 0.272 e. The van der Waals surface area contributed by atoms with Crippen molar-refractivity contribution in [2.45, 2.75) is 38.1 Å². The molecule has 0 spiro atoms. The summed E-state index contributed by atoms with van der Waals surface area (Å²) in [4.78, 5) is 15.3. The molecular formula is C20H26N4O2. The Hall–Kier alpha value is -2.34. The highest BCUT2D eigenvalue weighted by atomic mass is 16.5. The molecule has 1 aromatic heterocycles. The normalized spacial score (nSPS) is 17.9. The molecule has 2 aliphatic rings. The molecule has 6 nitrogen and oxygen atoms in total. The number of carbonyl (C=O) groups is 1. The predicted molar refractivity (Wildman–Crippen MR) is 99.5 cm³/mol. The molecular weight excluding hydrogens is 328 g/mol. The number of ether oxygens (including phenoxy) is 1. The maximum Gasteiger partial charge on any atom is 0.272 e. The number of hydrogen-bond donors (Lipinski definition) is 2. The summed E-state index contributed by atoms with van der Waals surface area (Å²) in [5.41, 5.74) is 3.88. The SMILES string of the molecule is COc1ccc(C(CN2CCCC2)NC(=O)c2n[nH]c3c2CCC3)cc1. The van der Waals surface area contributed by atoms with Crippen LogP contribution in [0.25, 0.3) is 0 Å². The highest BCUT2D eigenvalue weighted by molar-refractivity contribution is 5.94. The molecule has 0 radical (unpaired) electrons. The maximum atomic E-state index is 12.9. The van der Waals surface area contributed by atoms with Crippen molar-refractivity contribution in [1.29, 1.82) is 0 Å². The van der Waals surface area contributed by atoms with Crippen molar-refractivity contribution in [3.63, 3.8) is 0 Å². The first-order valence-corrected chi connectivity index (χ1v) is 9.48. The number of likely N-dealkylation sites (tertiary alicyclic amines) is 1. The van der Waals surface area contributed by atoms with Crippen LogP contribution in [0.15, 0.2) is 24.3 Å². The monoisotopic (exact) mass is 354 g/mol. The lowest BCUT2D eigenvalue weighted by Gasteiger charge is -2.25. The van der Waals surface area contributed by atoms with Gasteiger partial charge in [0, 0.05) is 17.8 Å². The van der Waals surface area contributed by atoms with Crippen molar-refractivity contribution in [3.8, 4) is 5.75 Å². The number of aryl methyl sites for hydroxylation is 1. The lowest BCUT2D eigenvalue weighted by molar-refractivity contribution is 0.0921. The second-order valence-electron chi connectivity index (χ2n) is 7.19. The number of amides is 1. The summed E-state index contributed by atoms with van der Waals surface area (Å²) >= 11 is 0. The molecule has 0 saturated carbocycles. The Kier molecular flexibility index (Phi) is 4.93. The molecule has 0 bridgehead atoms. The average molecular weight is 354 g/mol. The molecule has 4 rings (SSSR count). The van der Waals surface area contributed by atoms with E-state index in [0.29, 0.717) is 5.69 Å². The molecule has 1 aromatic carbocycles. The highest BCUT2D eigenvalue weighted by Crippen LogP contribution is 2.25. The van der Waals surface area contributed by atoms with Crippen molar-refractivity contribution in [3.05, 3.63) is 46.8 Å². The second-order valence-corrected chi connectivity index (χ2v) is 7.19. The van der Waals surface area contributed by atoms with Crippen molar-refractivity contribution in [1.82, 2.24) is 20.4 Å². The van der Waals surface area contributed by atoms with Gasteiger partial charge in [0.15, 0.2) is 5.69 Å². The fourth-order valence-corrected chi connectivity index (χ4v) is 4.03. The van der Waals surface area contributed by atoms with E-state index < -0.39 is 0 Å². The van der Waals surface area contributed by atoms with Gasteiger partial charge in [-0.15, -0.1) is 0 Å². The van der Waals surface area contributed by atoms with Gasteiger partial charge >= 0.3 is 0 Å². The van der Waals surface area contributed by atoms with E-state index in [4.69, 9.17) is 4.74 Å². The molecule has 1 atom stereocenters. The average Bonchev–Trinajstić information content (AvgIpc) is 3.39. The number of nitrogens with one attached hydrogen (secondary N) is 2. The van der Waals surface area contributed by atoms with Crippen LogP contribution in [-0.2, 0) is 12.8 Å². The van der Waals surface area contributed by atoms with E-state index in [1.807, 2.05) is 24.3 Å². The summed E-state index contributed by atoms with van der Waals surface area (Å²) in [5, 5.41) is 10.5. The fourth-order valence-electron chi connectivity index (χ4n) is 4.03. The number of rotatable bonds is 6. The van der Waals surface area contributed by atoms with Crippen molar-refractivity contribution in [2.75, 3.05) is 26.7 Å². The number of aromatic nitrogens is 2. The van der Waals surface area contributed by atoms with Gasteiger partial charge in [-0.25, -0.2) is 0 Å². The molecule has 2 aromatic rings. The lowest BCUT2D eigenvalue weighted by atomic mass is 10.1. The van der Waals surface area contributed by atoms with Crippen molar-refractivity contribution >= 4 is 5.91 Å². The summed E-state index contributed by atoms with van der Waals surface area (Å²) in [6, 6.07) is 7.92. The van der Waals surface area contributed by atoms with E-state index in [2.05, 4.69) is 20.4 Å². The summed E-state index contributed by atoms with van der Waals surface area (Å²) < 4.78 is 5.26. The van der Waals surface area contributed by atoms with Gasteiger partial charge in [0.1, 0.15) is 5.75 Å². The van der Waals surface area contributed by atoms with E-state index in [1.165, 1.54) is 12.8 Å². The molecule has 2 N–H and O–H groups in total. The first-order chi connectivity index (χ1) is 12.7. The van der Waals surface area contributed by atoms with Crippen LogP contribution in [0, 0.1) is 0 Å². The van der Waals surface area contributed by atoms with E-state index in [-0.39, 0.29) is 11.9 Å². The van der Waals surface area contributed by atoms with E-state index in [9.17, 15) is 4.79 Å². The number of H-pyrrole nitrogens is 1. The van der Waals surface area contributed by atoms with Crippen LogP contribution in [-0.4, -0.2) is 47.7 Å². The zero-order valence-electron chi connectivity index (χ0n) is 15.3. The molecule has 6 heteroatoms. The van der Waals surface area contributed by atoms with Gasteiger partial charge in [0.25, 0.3) is 5.91 Å². The summed E-state index contributed by atoms with van der Waals surface area (Å²) in [7, 11) is 1.66. The highest BCUT2D eigenvalue weighted by Gasteiger charge is 2.26. The third kappa shape index (κ3) is 3.46. The van der Waals surface area contributed by atoms with Crippen LogP contribution < -0.4 is 10.1 Å². The van der Waals surface area contributed by atoms with Crippen molar-refractivity contribution in [2.24, 2.45) is 0 Å². The van der Waals surface area contributed by atoms with Gasteiger partial charge in [-0.1, -0.05) is 12.1 Å². The molecule has 1 amide bonds. The third-order valence-corrected chi connectivity index (χ3v) is 5.48. The largest absolute Gasteiger partial charge is 0.497 e. The van der Waals surface area contributed by atoms with E-state index in [1.54, 1.807) is 7.11 Å². The molecule has 138 valence electrons. The van der Waals surface area contributed by atoms with Crippen LogP contribution in [0.3, 0.4) is 0 Å². The number of carbonyl (C=O) groups excluding carboxylic acids is 1. The Balaban J connectivity index is 1.53. The van der Waals surface area contributed by atoms with Crippen LogP contribution in [0.5, 0.6) is 5.75 Å². The number of benzene rings is 1. The number of methoxy groups -OCH3 is 1. The lowest BCUT2D eigenvalue weighted by Crippen LogP contribution is -2.37. The topological polar surface area (TPSA) is 70.2 Å². The first-order valence-electron chi connectivity index (χ1n) is 9.48. The third-order valence-electron chi connectivity index (χ3n) is 5.48. The number of fused-ring (bicyclic) bond motifs is 1. The van der Waals surface area contributed by atoms with Crippen LogP contribution >= 0.6 is 0 Å². The standard InChI is InChI=1S/C20H26N4O2/c1-26-15-9-7-14(8-10-15)18(13-24-11-2-3-12-24)21-20(25)19-16-5-4-6-17(16)22-23-19/h7-10,18H,2-6,11-13H2,1H3,(H,21,25)(H,22,23). The fraction of sp³-hybridized carbons (Fsp3) is 0.500. The number of nitrogens with zero attached hydrogens (tertiary/aromatic N) is 2. The molecule has 1 aliphatic heterocycles. The molecule has 1 unspecified atom stereocenters. The minimum Gasteiger partial charge on any atom is -0.497 e. The Morgan fingerprint density at radius 3 is 2.73 bits per heavy atom. The van der Waals surface area contributed by atoms with Crippen molar-refractivity contribution < 1.29 is 9.53 Å². The predicted octanol–water partition coefficient (Wildman–Crippen LogP) is 2.47. The van der Waals surface area contributed by atoms with E-state index in [0.717, 1.165) is 61.5 Å². The zero-order valence-corrected chi connectivity index (χ0v) is 15.3. The zero-order chi connectivity index (χ0) is 17.9. The van der Waals surface area contributed by atoms with Gasteiger partial charge in [-0.05, 0) is 62.9 Å². The van der Waals surface area contributed by atoms with E-state index >= 15 is 0 Å². The molecule has 1 fully saturated rings. The Morgan fingerprint density at radius 2 is 2.00 bits per heavy atom. The van der Waals surface area contributed by atoms with Crippen LogP contribution in [0.1, 0.15) is 52.6 Å². The Morgan fingerprint density at radius 1 is 1.23 bits per heavy atom. The summed E-state index contributed by atoms with van der Waals surface area (Å²) in [5.74, 6) is 0.745. The maximum absolute atomic E-state index is 12.9. The van der Waals surface area contributed by atoms with Crippen LogP contribution in [0.2, 0.25) is 0 Å². The van der Waals surface area contributed by atoms with Gasteiger partial charge in [0.05, 0.1) is 13.2 Å². The molecule has 1 aliphatic carbocycles. The summed E-state index contributed by atoms with van der Waals surface area (Å²) in [6.45, 7) is 3.02. The Labute approximate surface area is 153 Å². The minimum atomic E-state index is -0.0792. The van der Waals surface area contributed by atoms with Gasteiger partial charge in [0.2, 0.25) is 0 Å². The van der Waals surface area contributed by atoms with Gasteiger partial charge in [-0.2, -0.15) is 5.10 Å². The van der Waals surface area contributed by atoms with Gasteiger partial charge in [-0.3, -0.25) is 9.89 Å². The number of hydrogen-bond acceptors (Lipinski definition) is 4. The van der Waals surface area contributed by atoms with Gasteiger partial charge < -0.3 is 15.0 Å². The molecule has 26 heavy (non-hydrogen) atoms. The minimum absolute atomic E-state index is 0.0553. The Bertz CT molecular complexity index is 763. The molecule has 1 saturated heterocycles.